The number of amides is 1. The molecule has 0 saturated heterocycles. The highest BCUT2D eigenvalue weighted by atomic mass is 79.9. The van der Waals surface area contributed by atoms with Crippen molar-refractivity contribution in [2.75, 3.05) is 6.54 Å². The lowest BCUT2D eigenvalue weighted by molar-refractivity contribution is 0.0955. The van der Waals surface area contributed by atoms with Crippen LogP contribution in [-0.4, -0.2) is 12.5 Å². The summed E-state index contributed by atoms with van der Waals surface area (Å²) in [6.45, 7) is 2.50. The molecule has 0 aliphatic heterocycles. The molecule has 0 heterocycles. The summed E-state index contributed by atoms with van der Waals surface area (Å²) in [6.07, 6.45) is 0. The van der Waals surface area contributed by atoms with Crippen LogP contribution in [0.2, 0.25) is 0 Å². The zero-order valence-electron chi connectivity index (χ0n) is 10.5. The molecule has 4 heteroatoms. The highest BCUT2D eigenvalue weighted by molar-refractivity contribution is 9.10. The van der Waals surface area contributed by atoms with Gasteiger partial charge in [-0.2, -0.15) is 0 Å². The van der Waals surface area contributed by atoms with E-state index < -0.39 is 0 Å². The van der Waals surface area contributed by atoms with E-state index in [1.54, 1.807) is 18.2 Å². The van der Waals surface area contributed by atoms with E-state index in [2.05, 4.69) is 21.2 Å². The van der Waals surface area contributed by atoms with Crippen LogP contribution in [0, 0.1) is 0 Å². The van der Waals surface area contributed by atoms with E-state index in [1.165, 1.54) is 0 Å². The lowest BCUT2D eigenvalue weighted by Crippen LogP contribution is -2.22. The third kappa shape index (κ3) is 3.83. The van der Waals surface area contributed by atoms with Crippen molar-refractivity contribution in [2.45, 2.75) is 6.92 Å². The zero-order valence-corrected chi connectivity index (χ0v) is 12.1. The molecule has 0 spiro atoms. The number of benzene rings is 2. The van der Waals surface area contributed by atoms with Crippen LogP contribution in [0.25, 0.3) is 0 Å². The molecule has 1 amide bonds. The Morgan fingerprint density at radius 3 is 2.58 bits per heavy atom. The molecule has 98 valence electrons. The third-order valence-electron chi connectivity index (χ3n) is 2.48. The van der Waals surface area contributed by atoms with E-state index in [9.17, 15) is 4.79 Å². The molecule has 0 aromatic heterocycles. The van der Waals surface area contributed by atoms with E-state index in [4.69, 9.17) is 4.74 Å². The van der Waals surface area contributed by atoms with Gasteiger partial charge >= 0.3 is 0 Å². The van der Waals surface area contributed by atoms with Crippen molar-refractivity contribution in [1.29, 1.82) is 0 Å². The Morgan fingerprint density at radius 2 is 1.89 bits per heavy atom. The van der Waals surface area contributed by atoms with Gasteiger partial charge in [-0.1, -0.05) is 22.0 Å². The van der Waals surface area contributed by atoms with Gasteiger partial charge in [0.2, 0.25) is 0 Å². The summed E-state index contributed by atoms with van der Waals surface area (Å²) in [4.78, 5) is 11.7. The molecule has 3 nitrogen and oxygen atoms in total. The van der Waals surface area contributed by atoms with Gasteiger partial charge in [0, 0.05) is 16.6 Å². The highest BCUT2D eigenvalue weighted by Gasteiger charge is 2.05. The molecule has 2 aromatic carbocycles. The first-order valence-corrected chi connectivity index (χ1v) is 6.80. The van der Waals surface area contributed by atoms with Crippen molar-refractivity contribution in [2.24, 2.45) is 0 Å². The topological polar surface area (TPSA) is 38.3 Å². The molecule has 2 aromatic rings. The maximum absolute atomic E-state index is 11.7. The SMILES string of the molecule is CCNC(=O)c1cccc(Oc2ccc(Br)cc2)c1. The highest BCUT2D eigenvalue weighted by Crippen LogP contribution is 2.23. The van der Waals surface area contributed by atoms with E-state index in [-0.39, 0.29) is 5.91 Å². The Labute approximate surface area is 120 Å². The number of rotatable bonds is 4. The van der Waals surface area contributed by atoms with Gasteiger partial charge in [-0.3, -0.25) is 4.79 Å². The van der Waals surface area contributed by atoms with E-state index in [0.717, 1.165) is 10.2 Å². The number of hydrogen-bond donors (Lipinski definition) is 1. The summed E-state index contributed by atoms with van der Waals surface area (Å²) >= 11 is 3.37. The lowest BCUT2D eigenvalue weighted by atomic mass is 10.2. The Balaban J connectivity index is 2.15. The van der Waals surface area contributed by atoms with Crippen molar-refractivity contribution in [1.82, 2.24) is 5.32 Å². The first kappa shape index (κ1) is 13.6. The molecular formula is C15H14BrNO2. The third-order valence-corrected chi connectivity index (χ3v) is 3.01. The fourth-order valence-electron chi connectivity index (χ4n) is 1.60. The number of halogens is 1. The molecule has 2 rings (SSSR count). The van der Waals surface area contributed by atoms with Gasteiger partial charge in [-0.05, 0) is 49.4 Å². The van der Waals surface area contributed by atoms with Crippen LogP contribution >= 0.6 is 15.9 Å². The largest absolute Gasteiger partial charge is 0.457 e. The van der Waals surface area contributed by atoms with Crippen molar-refractivity contribution < 1.29 is 9.53 Å². The van der Waals surface area contributed by atoms with Crippen LogP contribution in [0.15, 0.2) is 53.0 Å². The Kier molecular flexibility index (Phi) is 4.58. The number of carbonyl (C=O) groups excluding carboxylic acids is 1. The summed E-state index contributed by atoms with van der Waals surface area (Å²) in [6, 6.07) is 14.7. The fraction of sp³-hybridized carbons (Fsp3) is 0.133. The monoisotopic (exact) mass is 319 g/mol. The average molecular weight is 320 g/mol. The van der Waals surface area contributed by atoms with Gasteiger partial charge < -0.3 is 10.1 Å². The van der Waals surface area contributed by atoms with Crippen LogP contribution < -0.4 is 10.1 Å². The second kappa shape index (κ2) is 6.38. The van der Waals surface area contributed by atoms with Crippen LogP contribution in [0.4, 0.5) is 0 Å². The van der Waals surface area contributed by atoms with E-state index in [1.807, 2.05) is 37.3 Å². The van der Waals surface area contributed by atoms with Gasteiger partial charge in [0.1, 0.15) is 11.5 Å². The van der Waals surface area contributed by atoms with E-state index >= 15 is 0 Å². The van der Waals surface area contributed by atoms with E-state index in [0.29, 0.717) is 17.9 Å². The maximum atomic E-state index is 11.7. The molecule has 0 atom stereocenters. The minimum atomic E-state index is -0.0937. The first-order chi connectivity index (χ1) is 9.19. The summed E-state index contributed by atoms with van der Waals surface area (Å²) in [5.41, 5.74) is 0.594. The maximum Gasteiger partial charge on any atom is 0.251 e. The Bertz CT molecular complexity index is 567. The number of nitrogens with one attached hydrogen (secondary N) is 1. The smallest absolute Gasteiger partial charge is 0.251 e. The van der Waals surface area contributed by atoms with Gasteiger partial charge in [0.05, 0.1) is 0 Å². The van der Waals surface area contributed by atoms with Crippen LogP contribution in [-0.2, 0) is 0 Å². The Morgan fingerprint density at radius 1 is 1.16 bits per heavy atom. The Hall–Kier alpha value is -1.81. The molecule has 0 saturated carbocycles. The first-order valence-electron chi connectivity index (χ1n) is 6.00. The fourth-order valence-corrected chi connectivity index (χ4v) is 1.87. The molecular weight excluding hydrogens is 306 g/mol. The normalized spacial score (nSPS) is 10.0. The van der Waals surface area contributed by atoms with Gasteiger partial charge in [-0.15, -0.1) is 0 Å². The molecule has 0 bridgehead atoms. The summed E-state index contributed by atoms with van der Waals surface area (Å²) in [7, 11) is 0. The average Bonchev–Trinajstić information content (AvgIpc) is 2.42. The van der Waals surface area contributed by atoms with Crippen molar-refractivity contribution in [3.05, 3.63) is 58.6 Å². The minimum absolute atomic E-state index is 0.0937. The number of hydrogen-bond acceptors (Lipinski definition) is 2. The summed E-state index contributed by atoms with van der Waals surface area (Å²) in [5.74, 6) is 1.28. The van der Waals surface area contributed by atoms with Crippen LogP contribution in [0.1, 0.15) is 17.3 Å². The second-order valence-electron chi connectivity index (χ2n) is 3.94. The van der Waals surface area contributed by atoms with Gasteiger partial charge in [0.25, 0.3) is 5.91 Å². The molecule has 0 aliphatic rings. The van der Waals surface area contributed by atoms with Crippen molar-refractivity contribution in [3.63, 3.8) is 0 Å². The number of carbonyl (C=O) groups is 1. The number of ether oxygens (including phenoxy) is 1. The predicted molar refractivity (Wildman–Crippen MR) is 78.7 cm³/mol. The van der Waals surface area contributed by atoms with Crippen LogP contribution in [0.5, 0.6) is 11.5 Å². The summed E-state index contributed by atoms with van der Waals surface area (Å²) < 4.78 is 6.70. The standard InChI is InChI=1S/C15H14BrNO2/c1-2-17-15(18)11-4-3-5-14(10-11)19-13-8-6-12(16)7-9-13/h3-10H,2H2,1H3,(H,17,18). The molecule has 0 unspecified atom stereocenters. The van der Waals surface area contributed by atoms with Crippen molar-refractivity contribution >= 4 is 21.8 Å². The quantitative estimate of drug-likeness (QED) is 0.925. The molecule has 0 radical (unpaired) electrons. The lowest BCUT2D eigenvalue weighted by Gasteiger charge is -2.07. The molecule has 0 aliphatic carbocycles. The zero-order chi connectivity index (χ0) is 13.7. The predicted octanol–water partition coefficient (Wildman–Crippen LogP) is 3.99. The minimum Gasteiger partial charge on any atom is -0.457 e. The van der Waals surface area contributed by atoms with Crippen LogP contribution in [0.3, 0.4) is 0 Å². The summed E-state index contributed by atoms with van der Waals surface area (Å²) in [5, 5.41) is 2.76. The van der Waals surface area contributed by atoms with Crippen molar-refractivity contribution in [3.8, 4) is 11.5 Å². The van der Waals surface area contributed by atoms with Gasteiger partial charge in [0.15, 0.2) is 0 Å². The second-order valence-corrected chi connectivity index (χ2v) is 4.86. The van der Waals surface area contributed by atoms with Gasteiger partial charge in [-0.25, -0.2) is 0 Å². The molecule has 1 N–H and O–H groups in total. The molecule has 19 heavy (non-hydrogen) atoms. The molecule has 0 fully saturated rings.